The molecule has 35 heavy (non-hydrogen) atoms. The van der Waals surface area contributed by atoms with Crippen LogP contribution in [0.2, 0.25) is 5.02 Å². The monoisotopic (exact) mass is 484 g/mol. The number of aliphatic hydroxyl groups is 1. The van der Waals surface area contributed by atoms with E-state index in [1.165, 1.54) is 10.6 Å². The molecule has 1 unspecified atom stereocenters. The van der Waals surface area contributed by atoms with Crippen molar-refractivity contribution in [2.24, 2.45) is 14.1 Å². The SMILES string of the molecule is C#Cc1cccc(-c2cc(=O)n(C)c3cnc(C(O)c4ccc(Cl)cc4)cc23)n1.Cn1ccnn1. The average molecular weight is 485 g/mol. The first-order chi connectivity index (χ1) is 16.9. The molecule has 5 aromatic rings. The third kappa shape index (κ3) is 5.27. The molecule has 174 valence electrons. The maximum absolute atomic E-state index is 12.5. The molecule has 1 atom stereocenters. The average Bonchev–Trinajstić information content (AvgIpc) is 3.37. The van der Waals surface area contributed by atoms with E-state index in [0.717, 1.165) is 5.39 Å². The molecule has 0 fully saturated rings. The number of aryl methyl sites for hydroxylation is 2. The summed E-state index contributed by atoms with van der Waals surface area (Å²) in [6, 6.07) is 15.5. The van der Waals surface area contributed by atoms with Gasteiger partial charge in [0.2, 0.25) is 0 Å². The molecule has 0 aliphatic carbocycles. The van der Waals surface area contributed by atoms with E-state index in [-0.39, 0.29) is 5.56 Å². The van der Waals surface area contributed by atoms with E-state index in [2.05, 4.69) is 26.2 Å². The number of rotatable bonds is 3. The highest BCUT2D eigenvalue weighted by Gasteiger charge is 2.16. The maximum atomic E-state index is 12.5. The molecule has 4 heterocycles. The van der Waals surface area contributed by atoms with E-state index in [1.54, 1.807) is 78.9 Å². The van der Waals surface area contributed by atoms with Gasteiger partial charge in [0.25, 0.3) is 5.56 Å². The number of pyridine rings is 3. The Labute approximate surface area is 206 Å². The highest BCUT2D eigenvalue weighted by molar-refractivity contribution is 6.30. The Morgan fingerprint density at radius 2 is 1.89 bits per heavy atom. The molecule has 0 spiro atoms. The molecule has 0 radical (unpaired) electrons. The summed E-state index contributed by atoms with van der Waals surface area (Å²) in [7, 11) is 3.50. The lowest BCUT2D eigenvalue weighted by Gasteiger charge is -2.14. The van der Waals surface area contributed by atoms with Crippen molar-refractivity contribution in [2.45, 2.75) is 6.10 Å². The first-order valence-electron chi connectivity index (χ1n) is 10.5. The van der Waals surface area contributed by atoms with Crippen molar-refractivity contribution < 1.29 is 5.11 Å². The highest BCUT2D eigenvalue weighted by atomic mass is 35.5. The summed E-state index contributed by atoms with van der Waals surface area (Å²) in [4.78, 5) is 21.3. The van der Waals surface area contributed by atoms with Gasteiger partial charge in [0.1, 0.15) is 11.8 Å². The smallest absolute Gasteiger partial charge is 0.251 e. The van der Waals surface area contributed by atoms with Gasteiger partial charge in [0.15, 0.2) is 0 Å². The van der Waals surface area contributed by atoms with Crippen LogP contribution >= 0.6 is 11.6 Å². The van der Waals surface area contributed by atoms with E-state index in [1.807, 2.05) is 7.05 Å². The lowest BCUT2D eigenvalue weighted by atomic mass is 10.0. The fourth-order valence-electron chi connectivity index (χ4n) is 3.47. The number of aliphatic hydroxyl groups excluding tert-OH is 1. The zero-order valence-electron chi connectivity index (χ0n) is 19.0. The summed E-state index contributed by atoms with van der Waals surface area (Å²) in [5.41, 5.74) is 3.26. The van der Waals surface area contributed by atoms with Crippen LogP contribution in [0.1, 0.15) is 23.1 Å². The van der Waals surface area contributed by atoms with Gasteiger partial charge < -0.3 is 9.67 Å². The van der Waals surface area contributed by atoms with E-state index < -0.39 is 6.10 Å². The van der Waals surface area contributed by atoms with Crippen LogP contribution < -0.4 is 5.56 Å². The number of aromatic nitrogens is 6. The summed E-state index contributed by atoms with van der Waals surface area (Å²) >= 11 is 5.94. The molecular formula is C26H21ClN6O2. The molecule has 0 saturated heterocycles. The van der Waals surface area contributed by atoms with Gasteiger partial charge >= 0.3 is 0 Å². The molecule has 4 aromatic heterocycles. The standard InChI is InChI=1S/C23H16ClN3O2.C3H5N3/c1-3-16-5-4-6-19(26-16)17-12-22(28)27(2)21-13-25-20(11-18(17)21)23(29)14-7-9-15(24)10-8-14;1-6-3-2-4-5-6/h1,4-13,23,29H,2H3;2-3H,1H3. The molecule has 0 aliphatic rings. The lowest BCUT2D eigenvalue weighted by Crippen LogP contribution is -2.17. The zero-order chi connectivity index (χ0) is 24.9. The number of nitrogens with zero attached hydrogens (tertiary/aromatic N) is 6. The van der Waals surface area contributed by atoms with Crippen molar-refractivity contribution in [3.63, 3.8) is 0 Å². The predicted molar refractivity (Wildman–Crippen MR) is 135 cm³/mol. The lowest BCUT2D eigenvalue weighted by molar-refractivity contribution is 0.215. The Bertz CT molecular complexity index is 1570. The summed E-state index contributed by atoms with van der Waals surface area (Å²) in [6.45, 7) is 0. The largest absolute Gasteiger partial charge is 0.382 e. The predicted octanol–water partition coefficient (Wildman–Crippen LogP) is 3.53. The molecule has 0 aliphatic heterocycles. The van der Waals surface area contributed by atoms with E-state index in [0.29, 0.717) is 38.7 Å². The third-order valence-corrected chi connectivity index (χ3v) is 5.59. The Morgan fingerprint density at radius 1 is 1.11 bits per heavy atom. The minimum atomic E-state index is -0.938. The maximum Gasteiger partial charge on any atom is 0.251 e. The van der Waals surface area contributed by atoms with E-state index >= 15 is 0 Å². The second kappa shape index (κ2) is 10.3. The second-order valence-corrected chi connectivity index (χ2v) is 8.10. The molecule has 5 rings (SSSR count). The van der Waals surface area contributed by atoms with Gasteiger partial charge in [-0.3, -0.25) is 14.5 Å². The van der Waals surface area contributed by atoms with Crippen molar-refractivity contribution in [3.8, 4) is 23.6 Å². The van der Waals surface area contributed by atoms with Crippen LogP contribution in [0.4, 0.5) is 0 Å². The fraction of sp³-hybridized carbons (Fsp3) is 0.115. The van der Waals surface area contributed by atoms with Gasteiger partial charge in [-0.25, -0.2) is 4.98 Å². The first kappa shape index (κ1) is 23.8. The Hall–Kier alpha value is -4.32. The van der Waals surface area contributed by atoms with Crippen molar-refractivity contribution in [1.29, 1.82) is 0 Å². The topological polar surface area (TPSA) is 98.7 Å². The summed E-state index contributed by atoms with van der Waals surface area (Å²) in [5.74, 6) is 2.51. The Kier molecular flexibility index (Phi) is 7.01. The second-order valence-electron chi connectivity index (χ2n) is 7.66. The van der Waals surface area contributed by atoms with Crippen LogP contribution in [0.25, 0.3) is 22.2 Å². The summed E-state index contributed by atoms with van der Waals surface area (Å²) < 4.78 is 3.15. The molecule has 0 bridgehead atoms. The Balaban J connectivity index is 0.000000421. The van der Waals surface area contributed by atoms with E-state index in [9.17, 15) is 9.90 Å². The number of terminal acetylenes is 1. The fourth-order valence-corrected chi connectivity index (χ4v) is 3.60. The van der Waals surface area contributed by atoms with Crippen molar-refractivity contribution >= 4 is 22.5 Å². The molecule has 1 N–H and O–H groups in total. The quantitative estimate of drug-likeness (QED) is 0.393. The molecule has 9 heteroatoms. The zero-order valence-corrected chi connectivity index (χ0v) is 19.8. The van der Waals surface area contributed by atoms with Gasteiger partial charge in [0.05, 0.1) is 29.3 Å². The van der Waals surface area contributed by atoms with E-state index in [4.69, 9.17) is 18.0 Å². The highest BCUT2D eigenvalue weighted by Crippen LogP contribution is 2.29. The summed E-state index contributed by atoms with van der Waals surface area (Å²) in [5, 5.41) is 19.2. The number of fused-ring (bicyclic) bond motifs is 1. The van der Waals surface area contributed by atoms with Crippen molar-refractivity contribution in [1.82, 2.24) is 29.5 Å². The minimum Gasteiger partial charge on any atom is -0.382 e. The van der Waals surface area contributed by atoms with Gasteiger partial charge in [-0.1, -0.05) is 40.9 Å². The number of halogens is 1. The van der Waals surface area contributed by atoms with Crippen LogP contribution in [0.3, 0.4) is 0 Å². The van der Waals surface area contributed by atoms with Gasteiger partial charge in [0, 0.05) is 42.3 Å². The third-order valence-electron chi connectivity index (χ3n) is 5.33. The van der Waals surface area contributed by atoms with Gasteiger partial charge in [-0.2, -0.15) is 0 Å². The summed E-state index contributed by atoms with van der Waals surface area (Å²) in [6.07, 6.45) is 9.53. The van der Waals surface area contributed by atoms with Gasteiger partial charge in [-0.05, 0) is 35.9 Å². The van der Waals surface area contributed by atoms with Crippen LogP contribution in [0.15, 0.2) is 78.0 Å². The van der Waals surface area contributed by atoms with Gasteiger partial charge in [-0.15, -0.1) is 11.5 Å². The van der Waals surface area contributed by atoms with Crippen LogP contribution in [0.5, 0.6) is 0 Å². The van der Waals surface area contributed by atoms with Crippen LogP contribution in [0, 0.1) is 12.3 Å². The van der Waals surface area contributed by atoms with Crippen LogP contribution in [-0.2, 0) is 14.1 Å². The number of hydrogen-bond acceptors (Lipinski definition) is 6. The molecule has 8 nitrogen and oxygen atoms in total. The first-order valence-corrected chi connectivity index (χ1v) is 10.9. The minimum absolute atomic E-state index is 0.187. The number of hydrogen-bond donors (Lipinski definition) is 1. The molecule has 1 aromatic carbocycles. The normalized spacial score (nSPS) is 11.4. The molecule has 0 saturated carbocycles. The van der Waals surface area contributed by atoms with Crippen molar-refractivity contribution in [3.05, 3.63) is 106 Å². The molecule has 0 amide bonds. The van der Waals surface area contributed by atoms with Crippen LogP contribution in [-0.4, -0.2) is 34.6 Å². The molecular weight excluding hydrogens is 464 g/mol. The van der Waals surface area contributed by atoms with Crippen molar-refractivity contribution in [2.75, 3.05) is 0 Å². The Morgan fingerprint density at radius 3 is 2.51 bits per heavy atom. The number of benzene rings is 1.